The first-order chi connectivity index (χ1) is 17.0. The van der Waals surface area contributed by atoms with Crippen LogP contribution < -0.4 is 10.6 Å². The van der Waals surface area contributed by atoms with Crippen molar-refractivity contribution in [3.05, 3.63) is 52.1 Å². The summed E-state index contributed by atoms with van der Waals surface area (Å²) in [4.78, 5) is 42.1. The predicted octanol–water partition coefficient (Wildman–Crippen LogP) is 2.36. The molecule has 1 aliphatic heterocycles. The molecule has 36 heavy (non-hydrogen) atoms. The van der Waals surface area contributed by atoms with Crippen molar-refractivity contribution in [3.63, 3.8) is 0 Å². The third-order valence-electron chi connectivity index (χ3n) is 6.33. The number of halogens is 1. The highest BCUT2D eigenvalue weighted by Crippen LogP contribution is 2.34. The molecule has 2 heterocycles. The van der Waals surface area contributed by atoms with E-state index in [1.807, 2.05) is 13.8 Å². The Labute approximate surface area is 209 Å². The van der Waals surface area contributed by atoms with Gasteiger partial charge in [0.1, 0.15) is 5.82 Å². The number of anilines is 1. The van der Waals surface area contributed by atoms with Gasteiger partial charge in [-0.25, -0.2) is 4.39 Å². The van der Waals surface area contributed by atoms with Gasteiger partial charge in [0.25, 0.3) is 11.8 Å². The second-order valence-electron chi connectivity index (χ2n) is 8.89. The maximum atomic E-state index is 13.7. The summed E-state index contributed by atoms with van der Waals surface area (Å²) in [7, 11) is 0. The third kappa shape index (κ3) is 6.00. The van der Waals surface area contributed by atoms with Crippen molar-refractivity contribution in [2.45, 2.75) is 52.7 Å². The monoisotopic (exact) mass is 500 g/mol. The van der Waals surface area contributed by atoms with Crippen molar-refractivity contribution in [1.82, 2.24) is 15.2 Å². The number of hydrogen-bond acceptors (Lipinski definition) is 5. The number of aliphatic hydroxyl groups excluding tert-OH is 2. The van der Waals surface area contributed by atoms with E-state index in [0.29, 0.717) is 46.9 Å². The molecule has 3 amide bonds. The van der Waals surface area contributed by atoms with Crippen LogP contribution in [0.3, 0.4) is 0 Å². The molecule has 2 aromatic rings. The number of aromatic nitrogens is 1. The Morgan fingerprint density at radius 2 is 1.86 bits per heavy atom. The maximum Gasteiger partial charge on any atom is 0.256 e. The molecule has 1 aliphatic rings. The van der Waals surface area contributed by atoms with Gasteiger partial charge in [0.15, 0.2) is 0 Å². The lowest BCUT2D eigenvalue weighted by atomic mass is 10.0. The molecule has 0 unspecified atom stereocenters. The number of aliphatic hydroxyl groups is 2. The molecule has 1 aromatic heterocycles. The van der Waals surface area contributed by atoms with Gasteiger partial charge in [0.05, 0.1) is 29.8 Å². The largest absolute Gasteiger partial charge is 0.392 e. The molecular formula is C26H33FN4O5. The Balaban J connectivity index is 1.65. The number of carbonyl (C=O) groups excluding carboxylic acids is 3. The lowest BCUT2D eigenvalue weighted by molar-refractivity contribution is -0.133. The van der Waals surface area contributed by atoms with Crippen LogP contribution in [0.1, 0.15) is 59.6 Å². The number of nitrogens with zero attached hydrogens (tertiary/aromatic N) is 1. The first-order valence-electron chi connectivity index (χ1n) is 12.0. The fourth-order valence-electron chi connectivity index (χ4n) is 4.39. The average molecular weight is 501 g/mol. The summed E-state index contributed by atoms with van der Waals surface area (Å²) in [6.07, 6.45) is -0.632. The minimum Gasteiger partial charge on any atom is -0.392 e. The molecule has 194 valence electrons. The van der Waals surface area contributed by atoms with Crippen molar-refractivity contribution in [3.8, 4) is 0 Å². The average Bonchev–Trinajstić information content (AvgIpc) is 3.27. The molecule has 3 rings (SSSR count). The number of hydrogen-bond donors (Lipinski definition) is 5. The SMILES string of the molecule is CCN(CC)C(=O)C[C@H](O)C[C@H](O)CNC(=O)c1c(C)[nH]c(C=C2C(=O)Nc3ccc(F)cc32)c1C. The summed E-state index contributed by atoms with van der Waals surface area (Å²) in [5, 5.41) is 25.8. The molecular weight excluding hydrogens is 467 g/mol. The second-order valence-corrected chi connectivity index (χ2v) is 8.89. The number of amides is 3. The van der Waals surface area contributed by atoms with Gasteiger partial charge < -0.3 is 30.7 Å². The van der Waals surface area contributed by atoms with Crippen molar-refractivity contribution in [2.75, 3.05) is 25.0 Å². The summed E-state index contributed by atoms with van der Waals surface area (Å²) < 4.78 is 13.7. The zero-order chi connectivity index (χ0) is 26.6. The Morgan fingerprint density at radius 3 is 2.53 bits per heavy atom. The Bertz CT molecular complexity index is 1190. The normalized spacial score (nSPS) is 15.4. The predicted molar refractivity (Wildman–Crippen MR) is 135 cm³/mol. The van der Waals surface area contributed by atoms with Crippen LogP contribution in [0.25, 0.3) is 11.6 Å². The van der Waals surface area contributed by atoms with Crippen molar-refractivity contribution in [2.24, 2.45) is 0 Å². The highest BCUT2D eigenvalue weighted by Gasteiger charge is 2.26. The number of rotatable bonds is 10. The van der Waals surface area contributed by atoms with E-state index in [2.05, 4.69) is 15.6 Å². The van der Waals surface area contributed by atoms with Crippen LogP contribution in [0.5, 0.6) is 0 Å². The van der Waals surface area contributed by atoms with Crippen LogP contribution in [-0.4, -0.2) is 69.7 Å². The van der Waals surface area contributed by atoms with E-state index in [1.54, 1.807) is 24.8 Å². The molecule has 0 saturated heterocycles. The molecule has 0 saturated carbocycles. The minimum absolute atomic E-state index is 0.0547. The lowest BCUT2D eigenvalue weighted by Gasteiger charge is -2.21. The zero-order valence-electron chi connectivity index (χ0n) is 20.9. The first kappa shape index (κ1) is 27.1. The number of carbonyl (C=O) groups is 3. The number of nitrogens with one attached hydrogen (secondary N) is 3. The van der Waals surface area contributed by atoms with Gasteiger partial charge in [0.2, 0.25) is 5.91 Å². The van der Waals surface area contributed by atoms with Gasteiger partial charge in [-0.3, -0.25) is 14.4 Å². The summed E-state index contributed by atoms with van der Waals surface area (Å²) in [6.45, 7) is 8.13. The first-order valence-corrected chi connectivity index (χ1v) is 12.0. The van der Waals surface area contributed by atoms with Crippen LogP contribution in [-0.2, 0) is 9.59 Å². The highest BCUT2D eigenvalue weighted by molar-refractivity contribution is 6.34. The van der Waals surface area contributed by atoms with Crippen molar-refractivity contribution >= 4 is 35.1 Å². The summed E-state index contributed by atoms with van der Waals surface area (Å²) in [6, 6.07) is 4.05. The van der Waals surface area contributed by atoms with E-state index < -0.39 is 23.9 Å². The number of benzene rings is 1. The summed E-state index contributed by atoms with van der Waals surface area (Å²) in [5.41, 5.74) is 3.29. The standard InChI is InChI=1S/C26H33FN4O5/c1-5-31(6-2)23(34)11-17(32)10-18(33)13-28-26(36)24-14(3)22(29-15(24)4)12-20-19-9-16(27)7-8-21(19)30-25(20)35/h7-9,12,17-18,29,32-33H,5-6,10-11,13H2,1-4H3,(H,28,36)(H,30,35)/t17-,18+/m1/s1. The number of fused-ring (bicyclic) bond motifs is 1. The fraction of sp³-hybridized carbons (Fsp3) is 0.423. The van der Waals surface area contributed by atoms with Gasteiger partial charge in [0, 0.05) is 48.7 Å². The minimum atomic E-state index is -1.04. The van der Waals surface area contributed by atoms with Crippen molar-refractivity contribution < 1.29 is 29.0 Å². The highest BCUT2D eigenvalue weighted by atomic mass is 19.1. The van der Waals surface area contributed by atoms with Crippen LogP contribution in [0.2, 0.25) is 0 Å². The fourth-order valence-corrected chi connectivity index (χ4v) is 4.39. The van der Waals surface area contributed by atoms with E-state index in [-0.39, 0.29) is 36.8 Å². The Hall–Kier alpha value is -3.50. The summed E-state index contributed by atoms with van der Waals surface area (Å²) in [5.74, 6) is -1.45. The van der Waals surface area contributed by atoms with Gasteiger partial charge in [-0.15, -0.1) is 0 Å². The van der Waals surface area contributed by atoms with Crippen LogP contribution in [0.4, 0.5) is 10.1 Å². The topological polar surface area (TPSA) is 135 Å². The molecule has 0 aliphatic carbocycles. The number of aromatic amines is 1. The molecule has 5 N–H and O–H groups in total. The smallest absolute Gasteiger partial charge is 0.256 e. The zero-order valence-corrected chi connectivity index (χ0v) is 20.9. The van der Waals surface area contributed by atoms with E-state index in [4.69, 9.17) is 0 Å². The molecule has 2 atom stereocenters. The van der Waals surface area contributed by atoms with Crippen LogP contribution >= 0.6 is 0 Å². The second kappa shape index (κ2) is 11.5. The molecule has 9 nitrogen and oxygen atoms in total. The molecule has 0 bridgehead atoms. The molecule has 10 heteroatoms. The van der Waals surface area contributed by atoms with Crippen LogP contribution in [0.15, 0.2) is 18.2 Å². The van der Waals surface area contributed by atoms with Crippen LogP contribution in [0, 0.1) is 19.7 Å². The van der Waals surface area contributed by atoms with E-state index in [0.717, 1.165) is 0 Å². The molecule has 0 spiro atoms. The third-order valence-corrected chi connectivity index (χ3v) is 6.33. The van der Waals surface area contributed by atoms with Gasteiger partial charge in [-0.05, 0) is 57.5 Å². The van der Waals surface area contributed by atoms with Gasteiger partial charge >= 0.3 is 0 Å². The number of aryl methyl sites for hydroxylation is 1. The van der Waals surface area contributed by atoms with E-state index >= 15 is 0 Å². The Morgan fingerprint density at radius 1 is 1.17 bits per heavy atom. The molecule has 0 radical (unpaired) electrons. The molecule has 0 fully saturated rings. The molecule has 1 aromatic carbocycles. The number of H-pyrrole nitrogens is 1. The summed E-state index contributed by atoms with van der Waals surface area (Å²) >= 11 is 0. The lowest BCUT2D eigenvalue weighted by Crippen LogP contribution is -2.37. The van der Waals surface area contributed by atoms with Gasteiger partial charge in [-0.2, -0.15) is 0 Å². The Kier molecular flexibility index (Phi) is 8.65. The quantitative estimate of drug-likeness (QED) is 0.319. The van der Waals surface area contributed by atoms with Gasteiger partial charge in [-0.1, -0.05) is 0 Å². The van der Waals surface area contributed by atoms with E-state index in [9.17, 15) is 29.0 Å². The maximum absolute atomic E-state index is 13.7. The van der Waals surface area contributed by atoms with Crippen molar-refractivity contribution in [1.29, 1.82) is 0 Å². The van der Waals surface area contributed by atoms with E-state index in [1.165, 1.54) is 18.2 Å².